The van der Waals surface area contributed by atoms with Gasteiger partial charge in [-0.2, -0.15) is 0 Å². The van der Waals surface area contributed by atoms with Gasteiger partial charge in [0.05, 0.1) is 0 Å². The highest BCUT2D eigenvalue weighted by molar-refractivity contribution is 5.66. The molecular weight excluding hydrogens is 344 g/mol. The number of carbonyl (C=O) groups excluding carboxylic acids is 1. The Balaban J connectivity index is 1.54. The maximum absolute atomic E-state index is 11.4. The van der Waals surface area contributed by atoms with Crippen LogP contribution in [0, 0.1) is 40.4 Å². The van der Waals surface area contributed by atoms with Gasteiger partial charge in [0, 0.05) is 13.3 Å². The molecule has 2 heteroatoms. The van der Waals surface area contributed by atoms with Crippen LogP contribution >= 0.6 is 0 Å². The molecule has 0 spiro atoms. The van der Waals surface area contributed by atoms with Gasteiger partial charge >= 0.3 is 5.97 Å². The Morgan fingerprint density at radius 3 is 2.68 bits per heavy atom. The van der Waals surface area contributed by atoms with Crippen LogP contribution in [0.25, 0.3) is 0 Å². The van der Waals surface area contributed by atoms with E-state index in [0.29, 0.717) is 10.8 Å². The van der Waals surface area contributed by atoms with Gasteiger partial charge in [0.2, 0.25) is 0 Å². The molecule has 0 radical (unpaired) electrons. The third kappa shape index (κ3) is 3.18. The summed E-state index contributed by atoms with van der Waals surface area (Å²) in [6.45, 7) is 11.6. The van der Waals surface area contributed by atoms with Crippen molar-refractivity contribution in [3.05, 3.63) is 11.6 Å². The summed E-state index contributed by atoms with van der Waals surface area (Å²) >= 11 is 0. The van der Waals surface area contributed by atoms with Crippen molar-refractivity contribution >= 4 is 5.97 Å². The average Bonchev–Trinajstić information content (AvgIpc) is 2.99. The summed E-state index contributed by atoms with van der Waals surface area (Å²) in [4.78, 5) is 11.4. The molecule has 3 fully saturated rings. The molecule has 8 atom stereocenters. The summed E-state index contributed by atoms with van der Waals surface area (Å²) in [5, 5.41) is 0. The van der Waals surface area contributed by atoms with E-state index in [2.05, 4.69) is 33.8 Å². The lowest BCUT2D eigenvalue weighted by molar-refractivity contribution is -0.148. The molecule has 0 aromatic heterocycles. The summed E-state index contributed by atoms with van der Waals surface area (Å²) < 4.78 is 5.59. The van der Waals surface area contributed by atoms with E-state index in [9.17, 15) is 4.79 Å². The van der Waals surface area contributed by atoms with E-state index in [4.69, 9.17) is 4.74 Å². The molecule has 28 heavy (non-hydrogen) atoms. The molecule has 0 saturated heterocycles. The molecule has 0 aromatic carbocycles. The lowest BCUT2D eigenvalue weighted by atomic mass is 9.47. The number of rotatable bonds is 4. The van der Waals surface area contributed by atoms with Gasteiger partial charge in [0.25, 0.3) is 0 Å². The summed E-state index contributed by atoms with van der Waals surface area (Å²) in [5.41, 5.74) is 2.55. The molecule has 158 valence electrons. The van der Waals surface area contributed by atoms with E-state index < -0.39 is 0 Å². The van der Waals surface area contributed by atoms with Crippen molar-refractivity contribution in [3.63, 3.8) is 0 Å². The standard InChI is InChI=1S/C26H42O2/c1-6-7-17(2)22-10-11-23-21-9-8-19-16-20(28-18(3)27)12-14-25(19,4)24(21)13-15-26(22,23)5/h8,17,20-24H,6-7,9-16H2,1-5H3/t17-,20?,21+,22-,23+,24+,25+,26-/m1/s1. The fourth-order valence-electron chi connectivity index (χ4n) is 8.59. The van der Waals surface area contributed by atoms with Gasteiger partial charge in [0.1, 0.15) is 6.10 Å². The summed E-state index contributed by atoms with van der Waals surface area (Å²) in [7, 11) is 0. The second-order valence-electron chi connectivity index (χ2n) is 11.2. The second kappa shape index (κ2) is 7.47. The maximum atomic E-state index is 11.4. The predicted molar refractivity (Wildman–Crippen MR) is 115 cm³/mol. The van der Waals surface area contributed by atoms with Crippen LogP contribution in [0.1, 0.15) is 98.8 Å². The van der Waals surface area contributed by atoms with E-state index in [1.54, 1.807) is 12.5 Å². The highest BCUT2D eigenvalue weighted by atomic mass is 16.5. The number of fused-ring (bicyclic) bond motifs is 5. The normalized spacial score (nSPS) is 46.0. The van der Waals surface area contributed by atoms with Gasteiger partial charge in [-0.3, -0.25) is 4.79 Å². The topological polar surface area (TPSA) is 26.3 Å². The van der Waals surface area contributed by atoms with Crippen molar-refractivity contribution < 1.29 is 9.53 Å². The van der Waals surface area contributed by atoms with Crippen molar-refractivity contribution in [3.8, 4) is 0 Å². The second-order valence-corrected chi connectivity index (χ2v) is 11.2. The van der Waals surface area contributed by atoms with Crippen molar-refractivity contribution in [1.82, 2.24) is 0 Å². The van der Waals surface area contributed by atoms with Crippen LogP contribution in [-0.2, 0) is 9.53 Å². The molecule has 0 amide bonds. The van der Waals surface area contributed by atoms with Crippen molar-refractivity contribution in [1.29, 1.82) is 0 Å². The minimum Gasteiger partial charge on any atom is -0.462 e. The SMILES string of the molecule is CCC[C@@H](C)[C@H]1CC[C@H]2[C@@H]3CC=C4CC(OC(C)=O)CC[C@]4(C)[C@H]3CC[C@]12C. The smallest absolute Gasteiger partial charge is 0.302 e. The zero-order valence-corrected chi connectivity index (χ0v) is 18.9. The average molecular weight is 387 g/mol. The fraction of sp³-hybridized carbons (Fsp3) is 0.885. The van der Waals surface area contributed by atoms with Crippen LogP contribution < -0.4 is 0 Å². The number of ether oxygens (including phenoxy) is 1. The number of hydrogen-bond donors (Lipinski definition) is 0. The molecule has 4 aliphatic carbocycles. The summed E-state index contributed by atoms with van der Waals surface area (Å²) in [5.74, 6) is 4.38. The number of esters is 1. The Labute approximate surface area is 172 Å². The van der Waals surface area contributed by atoms with Gasteiger partial charge < -0.3 is 4.74 Å². The molecule has 0 aliphatic heterocycles. The van der Waals surface area contributed by atoms with Crippen molar-refractivity contribution in [2.75, 3.05) is 0 Å². The van der Waals surface area contributed by atoms with Crippen LogP contribution in [-0.4, -0.2) is 12.1 Å². The van der Waals surface area contributed by atoms with Gasteiger partial charge in [-0.25, -0.2) is 0 Å². The molecular formula is C26H42O2. The van der Waals surface area contributed by atoms with E-state index in [-0.39, 0.29) is 12.1 Å². The minimum absolute atomic E-state index is 0.116. The Kier molecular flexibility index (Phi) is 5.47. The van der Waals surface area contributed by atoms with Crippen molar-refractivity contribution in [2.24, 2.45) is 40.4 Å². The van der Waals surface area contributed by atoms with E-state index >= 15 is 0 Å². The maximum Gasteiger partial charge on any atom is 0.302 e. The highest BCUT2D eigenvalue weighted by Crippen LogP contribution is 2.67. The molecule has 2 nitrogen and oxygen atoms in total. The summed E-state index contributed by atoms with van der Waals surface area (Å²) in [6, 6.07) is 0. The molecule has 4 aliphatic rings. The number of allylic oxidation sites excluding steroid dienone is 1. The Morgan fingerprint density at radius 1 is 1.18 bits per heavy atom. The molecule has 0 heterocycles. The quantitative estimate of drug-likeness (QED) is 0.386. The Hall–Kier alpha value is -0.790. The van der Waals surface area contributed by atoms with Gasteiger partial charge in [-0.15, -0.1) is 0 Å². The number of hydrogen-bond acceptors (Lipinski definition) is 2. The zero-order valence-electron chi connectivity index (χ0n) is 18.9. The first-order chi connectivity index (χ1) is 13.3. The third-order valence-corrected chi connectivity index (χ3v) is 9.90. The fourth-order valence-corrected chi connectivity index (χ4v) is 8.59. The van der Waals surface area contributed by atoms with Crippen LogP contribution in [0.4, 0.5) is 0 Å². The monoisotopic (exact) mass is 386 g/mol. The van der Waals surface area contributed by atoms with E-state index in [1.807, 2.05) is 0 Å². The van der Waals surface area contributed by atoms with E-state index in [1.165, 1.54) is 51.4 Å². The van der Waals surface area contributed by atoms with Crippen LogP contribution in [0.5, 0.6) is 0 Å². The predicted octanol–water partition coefficient (Wildman–Crippen LogP) is 6.93. The van der Waals surface area contributed by atoms with Crippen molar-refractivity contribution in [2.45, 2.75) is 105 Å². The molecule has 0 aromatic rings. The van der Waals surface area contributed by atoms with Crippen LogP contribution in [0.15, 0.2) is 11.6 Å². The van der Waals surface area contributed by atoms with E-state index in [0.717, 1.165) is 42.4 Å². The molecule has 1 unspecified atom stereocenters. The first kappa shape index (κ1) is 20.5. The number of carbonyl (C=O) groups is 1. The Bertz CT molecular complexity index is 636. The lowest BCUT2D eigenvalue weighted by Crippen LogP contribution is -2.51. The van der Waals surface area contributed by atoms with Gasteiger partial charge in [0.15, 0.2) is 0 Å². The summed E-state index contributed by atoms with van der Waals surface area (Å²) in [6.07, 6.45) is 15.7. The molecule has 4 rings (SSSR count). The van der Waals surface area contributed by atoms with Crippen LogP contribution in [0.3, 0.4) is 0 Å². The molecule has 0 bridgehead atoms. The first-order valence-corrected chi connectivity index (χ1v) is 12.2. The third-order valence-electron chi connectivity index (χ3n) is 9.90. The highest BCUT2D eigenvalue weighted by Gasteiger charge is 2.59. The minimum atomic E-state index is -0.116. The lowest BCUT2D eigenvalue weighted by Gasteiger charge is -2.58. The molecule has 3 saturated carbocycles. The largest absolute Gasteiger partial charge is 0.462 e. The van der Waals surface area contributed by atoms with Gasteiger partial charge in [-0.1, -0.05) is 52.2 Å². The van der Waals surface area contributed by atoms with Gasteiger partial charge in [-0.05, 0) is 85.4 Å². The van der Waals surface area contributed by atoms with Crippen LogP contribution in [0.2, 0.25) is 0 Å². The zero-order chi connectivity index (χ0) is 20.1. The first-order valence-electron chi connectivity index (χ1n) is 12.2. The Morgan fingerprint density at radius 2 is 1.96 bits per heavy atom. The molecule has 0 N–H and O–H groups in total.